The molecule has 1 aromatic carbocycles. The molecule has 0 aliphatic heterocycles. The molecule has 3 aromatic rings. The van der Waals surface area contributed by atoms with Gasteiger partial charge in [0.15, 0.2) is 0 Å². The van der Waals surface area contributed by atoms with Crippen LogP contribution in [-0.4, -0.2) is 118 Å². The van der Waals surface area contributed by atoms with E-state index in [0.29, 0.717) is 63.2 Å². The van der Waals surface area contributed by atoms with Gasteiger partial charge in [-0.1, -0.05) is 56.3 Å². The summed E-state index contributed by atoms with van der Waals surface area (Å²) >= 11 is 1.50. The number of thioether (sulfide) groups is 1. The van der Waals surface area contributed by atoms with Crippen LogP contribution in [0.1, 0.15) is 69.3 Å². The number of carboxylic acids is 1. The van der Waals surface area contributed by atoms with Crippen LogP contribution in [0.4, 0.5) is 0 Å². The number of hydrogen-bond acceptors (Lipinski definition) is 11. The number of nitrogens with one attached hydrogen (secondary N) is 6. The number of aromatic nitrogens is 2. The second kappa shape index (κ2) is 28.6. The lowest BCUT2D eigenvalue weighted by Crippen LogP contribution is -2.58. The molecule has 0 aliphatic rings. The molecule has 0 saturated carbocycles. The number of pyridine rings is 2. The number of benzene rings is 1. The number of amides is 6. The summed E-state index contributed by atoms with van der Waals surface area (Å²) in [4.78, 5) is 101. The Bertz CT molecular complexity index is 1800. The molecule has 6 amide bonds. The Hall–Kier alpha value is -5.88. The van der Waals surface area contributed by atoms with Gasteiger partial charge in [0.25, 0.3) is 0 Å². The zero-order chi connectivity index (χ0) is 45.1. The number of aliphatic carboxylic acids is 1. The third-order valence-electron chi connectivity index (χ3n) is 9.62. The first-order chi connectivity index (χ1) is 29.9. The first-order valence-corrected chi connectivity index (χ1v) is 22.2. The number of hydrogen-bond donors (Lipinski definition) is 7. The molecule has 18 heteroatoms. The molecule has 2 aromatic heterocycles. The molecule has 0 spiro atoms. The zero-order valence-electron chi connectivity index (χ0n) is 35.7. The van der Waals surface area contributed by atoms with Crippen LogP contribution >= 0.6 is 11.8 Å². The van der Waals surface area contributed by atoms with Crippen LogP contribution < -0.4 is 31.9 Å². The van der Waals surface area contributed by atoms with Crippen molar-refractivity contribution in [1.82, 2.24) is 46.8 Å². The van der Waals surface area contributed by atoms with Gasteiger partial charge >= 0.3 is 5.97 Å². The highest BCUT2D eigenvalue weighted by Gasteiger charge is 2.31. The van der Waals surface area contributed by atoms with Gasteiger partial charge in [-0.15, -0.1) is 0 Å². The van der Waals surface area contributed by atoms with E-state index in [4.69, 9.17) is 0 Å². The Balaban J connectivity index is 1.66. The Morgan fingerprint density at radius 3 is 1.90 bits per heavy atom. The molecule has 4 atom stereocenters. The molecule has 17 nitrogen and oxygen atoms in total. The van der Waals surface area contributed by atoms with E-state index < -0.39 is 60.3 Å². The third-order valence-corrected chi connectivity index (χ3v) is 10.3. The van der Waals surface area contributed by atoms with Gasteiger partial charge < -0.3 is 37.0 Å². The van der Waals surface area contributed by atoms with Crippen LogP contribution in [-0.2, 0) is 53.1 Å². The van der Waals surface area contributed by atoms with Crippen molar-refractivity contribution in [2.45, 2.75) is 96.1 Å². The van der Waals surface area contributed by atoms with E-state index in [2.05, 4.69) is 46.8 Å². The smallest absolute Gasteiger partial charge is 0.322 e. The van der Waals surface area contributed by atoms with Gasteiger partial charge in [-0.2, -0.15) is 11.8 Å². The molecule has 0 saturated heterocycles. The number of carboxylic acid groups (broad SMARTS) is 1. The van der Waals surface area contributed by atoms with Gasteiger partial charge in [0.2, 0.25) is 35.9 Å². The fraction of sp³-hybridized carbons (Fsp3) is 0.477. The van der Waals surface area contributed by atoms with E-state index in [1.54, 1.807) is 42.7 Å². The number of rotatable bonds is 30. The van der Waals surface area contributed by atoms with Gasteiger partial charge in [0, 0.05) is 51.4 Å². The van der Waals surface area contributed by atoms with Crippen LogP contribution in [0.3, 0.4) is 0 Å². The summed E-state index contributed by atoms with van der Waals surface area (Å²) in [6, 6.07) is 16.0. The SMILES string of the molecule is CSCC[C@H](NC=O)C(=O)N[C@@H](CC(C)C)C(=O)N[C@@H](Cc1ccccc1)C(=O)N[C@@H](CCCCNC(=O)CCN(Cc1ccccn1)Cc1ccccn1)C(=O)NCC(=O)O. The normalized spacial score (nSPS) is 12.9. The summed E-state index contributed by atoms with van der Waals surface area (Å²) in [6.07, 6.45) is 7.54. The molecule has 2 heterocycles. The van der Waals surface area contributed by atoms with Crippen LogP contribution in [0.15, 0.2) is 79.1 Å². The maximum atomic E-state index is 14.0. The molecule has 0 aliphatic carbocycles. The van der Waals surface area contributed by atoms with E-state index in [9.17, 15) is 38.7 Å². The van der Waals surface area contributed by atoms with Crippen molar-refractivity contribution in [1.29, 1.82) is 0 Å². The highest BCUT2D eigenvalue weighted by Crippen LogP contribution is 2.12. The first-order valence-electron chi connectivity index (χ1n) is 20.8. The first kappa shape index (κ1) is 50.5. The number of unbranched alkanes of at least 4 members (excludes halogenated alkanes) is 1. The maximum absolute atomic E-state index is 14.0. The lowest BCUT2D eigenvalue weighted by molar-refractivity contribution is -0.138. The van der Waals surface area contributed by atoms with Crippen LogP contribution in [0.5, 0.6) is 0 Å². The zero-order valence-corrected chi connectivity index (χ0v) is 36.5. The monoisotopic (exact) mass is 875 g/mol. The van der Waals surface area contributed by atoms with Gasteiger partial charge in [0.1, 0.15) is 30.7 Å². The van der Waals surface area contributed by atoms with Gasteiger partial charge in [-0.3, -0.25) is 48.4 Å². The average Bonchev–Trinajstić information content (AvgIpc) is 3.25. The maximum Gasteiger partial charge on any atom is 0.322 e. The van der Waals surface area contributed by atoms with Crippen molar-refractivity contribution in [3.8, 4) is 0 Å². The standard InChI is InChI=1S/C44H61N9O8S/c1-31(2)25-37(51-42(59)35(49-30-54)19-24-62-3)43(60)52-38(26-32-13-5-4-6-14-32)44(61)50-36(41(58)48-27-40(56)57)17-9-12-22-47-39(55)18-23-53(28-33-15-7-10-20-45-33)29-34-16-8-11-21-46-34/h4-8,10-11,13-16,20-21,30-31,35-38H,9,12,17-19,22-29H2,1-3H3,(H,47,55)(H,48,58)(H,49,54)(H,50,61)(H,51,59)(H,52,60)(H,56,57)/t35-,36-,37-,38-/m0/s1. The summed E-state index contributed by atoms with van der Waals surface area (Å²) in [6.45, 7) is 4.91. The summed E-state index contributed by atoms with van der Waals surface area (Å²) in [5.74, 6) is -3.45. The van der Waals surface area contributed by atoms with Crippen molar-refractivity contribution in [3.05, 3.63) is 96.1 Å². The topological polar surface area (TPSA) is 241 Å². The van der Waals surface area contributed by atoms with E-state index >= 15 is 0 Å². The molecule has 0 radical (unpaired) electrons. The summed E-state index contributed by atoms with van der Waals surface area (Å²) in [5.41, 5.74) is 2.45. The minimum absolute atomic E-state index is 0.0349. The molecular weight excluding hydrogens is 815 g/mol. The average molecular weight is 876 g/mol. The second-order valence-electron chi connectivity index (χ2n) is 15.2. The second-order valence-corrected chi connectivity index (χ2v) is 16.2. The molecule has 0 bridgehead atoms. The lowest BCUT2D eigenvalue weighted by atomic mass is 10.00. The summed E-state index contributed by atoms with van der Waals surface area (Å²) in [7, 11) is 0. The van der Waals surface area contributed by atoms with Crippen molar-refractivity contribution in [3.63, 3.8) is 0 Å². The molecule has 3 rings (SSSR count). The molecular formula is C44H61N9O8S. The lowest BCUT2D eigenvalue weighted by Gasteiger charge is -2.27. The highest BCUT2D eigenvalue weighted by molar-refractivity contribution is 7.98. The van der Waals surface area contributed by atoms with Crippen molar-refractivity contribution in [2.24, 2.45) is 5.92 Å². The minimum Gasteiger partial charge on any atom is -0.480 e. The van der Waals surface area contributed by atoms with Crippen LogP contribution in [0.2, 0.25) is 0 Å². The van der Waals surface area contributed by atoms with Gasteiger partial charge in [0.05, 0.1) is 11.4 Å². The van der Waals surface area contributed by atoms with E-state index in [-0.39, 0.29) is 37.5 Å². The Labute approximate surface area is 367 Å². The Morgan fingerprint density at radius 1 is 0.726 bits per heavy atom. The molecule has 7 N–H and O–H groups in total. The number of carbonyl (C=O) groups excluding carboxylic acids is 6. The summed E-state index contributed by atoms with van der Waals surface area (Å²) < 4.78 is 0. The fourth-order valence-corrected chi connectivity index (χ4v) is 6.92. The summed E-state index contributed by atoms with van der Waals surface area (Å²) in [5, 5.41) is 25.2. The predicted molar refractivity (Wildman–Crippen MR) is 236 cm³/mol. The van der Waals surface area contributed by atoms with Crippen molar-refractivity contribution < 1.29 is 38.7 Å². The van der Waals surface area contributed by atoms with Gasteiger partial charge in [-0.05, 0) is 79.9 Å². The molecule has 0 fully saturated rings. The van der Waals surface area contributed by atoms with E-state index in [0.717, 1.165) is 11.4 Å². The third kappa shape index (κ3) is 20.1. The number of carbonyl (C=O) groups is 7. The Kier molecular flexibility index (Phi) is 23.3. The predicted octanol–water partition coefficient (Wildman–Crippen LogP) is 1.97. The number of nitrogens with zero attached hydrogens (tertiary/aromatic N) is 3. The van der Waals surface area contributed by atoms with Crippen molar-refractivity contribution >= 4 is 53.7 Å². The largest absolute Gasteiger partial charge is 0.480 e. The molecule has 336 valence electrons. The van der Waals surface area contributed by atoms with E-state index in [1.807, 2.05) is 56.5 Å². The molecule has 62 heavy (non-hydrogen) atoms. The fourth-order valence-electron chi connectivity index (χ4n) is 6.45. The Morgan fingerprint density at radius 2 is 1.32 bits per heavy atom. The highest BCUT2D eigenvalue weighted by atomic mass is 32.2. The van der Waals surface area contributed by atoms with Gasteiger partial charge in [-0.25, -0.2) is 0 Å². The molecule has 0 unspecified atom stereocenters. The quantitative estimate of drug-likeness (QED) is 0.0376. The van der Waals surface area contributed by atoms with Crippen LogP contribution in [0.25, 0.3) is 0 Å². The van der Waals surface area contributed by atoms with Crippen molar-refractivity contribution in [2.75, 3.05) is 31.6 Å². The van der Waals surface area contributed by atoms with Crippen LogP contribution in [0, 0.1) is 5.92 Å². The van der Waals surface area contributed by atoms with E-state index in [1.165, 1.54) is 11.8 Å². The minimum atomic E-state index is -1.27.